The average Bonchev–Trinajstić information content (AvgIpc) is 3.14. The fourth-order valence-electron chi connectivity index (χ4n) is 2.14. The minimum atomic E-state index is -0.575. The van der Waals surface area contributed by atoms with Crippen molar-refractivity contribution in [2.24, 2.45) is 5.92 Å². The molecule has 0 aliphatic heterocycles. The predicted octanol–water partition coefficient (Wildman–Crippen LogP) is 1.94. The molecule has 1 unspecified atom stereocenters. The first kappa shape index (κ1) is 19.5. The number of esters is 1. The number of amides is 1. The lowest BCUT2D eigenvalue weighted by molar-refractivity contribution is -0.389. The van der Waals surface area contributed by atoms with E-state index in [1.165, 1.54) is 22.1 Å². The van der Waals surface area contributed by atoms with Crippen molar-refractivity contribution in [3.63, 3.8) is 0 Å². The first-order valence-corrected chi connectivity index (χ1v) is 8.77. The Bertz CT molecular complexity index is 815. The minimum absolute atomic E-state index is 0.0475. The molecule has 2 aromatic rings. The van der Waals surface area contributed by atoms with Crippen LogP contribution in [0.4, 0.5) is 10.9 Å². The highest BCUT2D eigenvalue weighted by Crippen LogP contribution is 2.18. The van der Waals surface area contributed by atoms with Crippen molar-refractivity contribution in [2.75, 3.05) is 11.9 Å². The van der Waals surface area contributed by atoms with Gasteiger partial charge in [-0.05, 0) is 18.8 Å². The van der Waals surface area contributed by atoms with Crippen LogP contribution < -0.4 is 5.32 Å². The standard InChI is InChI=1S/C15H19N5O5S/c1-4-25-13(21)6-11-8-26-15(16-11)17-14(22)9(2)7-19-10(3)5-12(18-19)20(23)24/h5,8-9H,4,6-7H2,1-3H3,(H,16,17,22). The number of nitro groups is 1. The summed E-state index contributed by atoms with van der Waals surface area (Å²) >= 11 is 1.21. The van der Waals surface area contributed by atoms with Crippen LogP contribution in [-0.2, 0) is 27.3 Å². The third-order valence-electron chi connectivity index (χ3n) is 3.46. The normalized spacial score (nSPS) is 11.8. The van der Waals surface area contributed by atoms with Crippen LogP contribution in [0.1, 0.15) is 25.2 Å². The van der Waals surface area contributed by atoms with Crippen molar-refractivity contribution < 1.29 is 19.2 Å². The highest BCUT2D eigenvalue weighted by atomic mass is 32.1. The zero-order valence-electron chi connectivity index (χ0n) is 14.6. The molecule has 0 aliphatic carbocycles. The Hall–Kier alpha value is -2.82. The summed E-state index contributed by atoms with van der Waals surface area (Å²) in [7, 11) is 0. The molecule has 0 fully saturated rings. The maximum absolute atomic E-state index is 12.3. The summed E-state index contributed by atoms with van der Waals surface area (Å²) < 4.78 is 6.28. The number of aryl methyl sites for hydroxylation is 1. The predicted molar refractivity (Wildman–Crippen MR) is 93.9 cm³/mol. The number of aromatic nitrogens is 3. The topological polar surface area (TPSA) is 129 Å². The van der Waals surface area contributed by atoms with Gasteiger partial charge in [0.1, 0.15) is 0 Å². The van der Waals surface area contributed by atoms with E-state index in [4.69, 9.17) is 4.74 Å². The molecule has 140 valence electrons. The monoisotopic (exact) mass is 381 g/mol. The number of carbonyl (C=O) groups excluding carboxylic acids is 2. The lowest BCUT2D eigenvalue weighted by atomic mass is 10.1. The van der Waals surface area contributed by atoms with Crippen LogP contribution in [-0.4, -0.2) is 38.2 Å². The van der Waals surface area contributed by atoms with Crippen LogP contribution in [0.3, 0.4) is 0 Å². The second-order valence-corrected chi connectivity index (χ2v) is 6.46. The molecule has 0 aliphatic rings. The number of carbonyl (C=O) groups is 2. The molecule has 0 spiro atoms. The van der Waals surface area contributed by atoms with Crippen LogP contribution in [0.2, 0.25) is 0 Å². The lowest BCUT2D eigenvalue weighted by Gasteiger charge is -2.09. The molecule has 1 amide bonds. The Kier molecular flexibility index (Phi) is 6.39. The highest BCUT2D eigenvalue weighted by molar-refractivity contribution is 7.13. The molecule has 1 N–H and O–H groups in total. The summed E-state index contributed by atoms with van der Waals surface area (Å²) in [5.74, 6) is -1.40. The average molecular weight is 381 g/mol. The zero-order chi connectivity index (χ0) is 19.3. The van der Waals surface area contributed by atoms with Crippen molar-refractivity contribution in [3.05, 3.63) is 32.9 Å². The van der Waals surface area contributed by atoms with Crippen LogP contribution in [0.15, 0.2) is 11.4 Å². The third kappa shape index (κ3) is 5.09. The van der Waals surface area contributed by atoms with Crippen LogP contribution >= 0.6 is 11.3 Å². The van der Waals surface area contributed by atoms with Gasteiger partial charge in [-0.2, -0.15) is 4.68 Å². The van der Waals surface area contributed by atoms with Crippen molar-refractivity contribution in [3.8, 4) is 0 Å². The number of rotatable bonds is 8. The van der Waals surface area contributed by atoms with Gasteiger partial charge in [0.2, 0.25) is 5.91 Å². The second-order valence-electron chi connectivity index (χ2n) is 5.60. The Morgan fingerprint density at radius 3 is 2.85 bits per heavy atom. The molecule has 0 saturated carbocycles. The van der Waals surface area contributed by atoms with Crippen molar-refractivity contribution >= 4 is 34.2 Å². The molecular formula is C15H19N5O5S. The maximum Gasteiger partial charge on any atom is 0.390 e. The summed E-state index contributed by atoms with van der Waals surface area (Å²) in [6.45, 7) is 5.60. The number of thiazole rings is 1. The summed E-state index contributed by atoms with van der Waals surface area (Å²) in [6, 6.07) is 1.35. The molecular weight excluding hydrogens is 362 g/mol. The van der Waals surface area contributed by atoms with E-state index in [-0.39, 0.29) is 30.7 Å². The number of hydrogen-bond donors (Lipinski definition) is 1. The van der Waals surface area contributed by atoms with Gasteiger partial charge in [-0.3, -0.25) is 9.59 Å². The van der Waals surface area contributed by atoms with E-state index in [0.29, 0.717) is 23.1 Å². The first-order valence-electron chi connectivity index (χ1n) is 7.89. The van der Waals surface area contributed by atoms with Gasteiger partial charge < -0.3 is 20.2 Å². The van der Waals surface area contributed by atoms with Gasteiger partial charge in [0.25, 0.3) is 0 Å². The molecule has 26 heavy (non-hydrogen) atoms. The van der Waals surface area contributed by atoms with Crippen molar-refractivity contribution in [1.29, 1.82) is 0 Å². The quantitative estimate of drug-likeness (QED) is 0.420. The van der Waals surface area contributed by atoms with Gasteiger partial charge in [0, 0.05) is 5.38 Å². The molecule has 2 heterocycles. The van der Waals surface area contributed by atoms with E-state index < -0.39 is 10.8 Å². The molecule has 0 radical (unpaired) electrons. The van der Waals surface area contributed by atoms with Crippen molar-refractivity contribution in [2.45, 2.75) is 33.7 Å². The number of nitrogens with zero attached hydrogens (tertiary/aromatic N) is 4. The molecule has 0 saturated heterocycles. The van der Waals surface area contributed by atoms with E-state index >= 15 is 0 Å². The molecule has 0 bridgehead atoms. The van der Waals surface area contributed by atoms with Gasteiger partial charge in [0.15, 0.2) is 5.13 Å². The SMILES string of the molecule is CCOC(=O)Cc1csc(NC(=O)C(C)Cn2nc([N+](=O)[O-])cc2C)n1. The van der Waals surface area contributed by atoms with E-state index in [9.17, 15) is 19.7 Å². The maximum atomic E-state index is 12.3. The van der Waals surface area contributed by atoms with Crippen LogP contribution in [0.5, 0.6) is 0 Å². The van der Waals surface area contributed by atoms with Gasteiger partial charge in [-0.15, -0.1) is 11.3 Å². The van der Waals surface area contributed by atoms with Gasteiger partial charge in [-0.25, -0.2) is 4.98 Å². The van der Waals surface area contributed by atoms with E-state index in [2.05, 4.69) is 15.4 Å². The number of nitrogens with one attached hydrogen (secondary N) is 1. The Morgan fingerprint density at radius 2 is 2.23 bits per heavy atom. The smallest absolute Gasteiger partial charge is 0.390 e. The second kappa shape index (κ2) is 8.52. The molecule has 10 nitrogen and oxygen atoms in total. The van der Waals surface area contributed by atoms with Crippen molar-refractivity contribution in [1.82, 2.24) is 14.8 Å². The molecule has 2 rings (SSSR count). The molecule has 11 heteroatoms. The molecule has 2 aromatic heterocycles. The Morgan fingerprint density at radius 1 is 1.50 bits per heavy atom. The summed E-state index contributed by atoms with van der Waals surface area (Å²) in [6.07, 6.45) is 0.0475. The molecule has 0 aromatic carbocycles. The highest BCUT2D eigenvalue weighted by Gasteiger charge is 2.21. The van der Waals surface area contributed by atoms with Crippen LogP contribution in [0.25, 0.3) is 0 Å². The largest absolute Gasteiger partial charge is 0.466 e. The minimum Gasteiger partial charge on any atom is -0.466 e. The summed E-state index contributed by atoms with van der Waals surface area (Å²) in [5.41, 5.74) is 1.12. The summed E-state index contributed by atoms with van der Waals surface area (Å²) in [5, 5.41) is 19.4. The van der Waals surface area contributed by atoms with Gasteiger partial charge >= 0.3 is 11.8 Å². The van der Waals surface area contributed by atoms with Gasteiger partial charge in [-0.1, -0.05) is 6.92 Å². The first-order chi connectivity index (χ1) is 12.3. The van der Waals surface area contributed by atoms with Crippen LogP contribution in [0, 0.1) is 23.0 Å². The Balaban J connectivity index is 1.94. The van der Waals surface area contributed by atoms with E-state index in [0.717, 1.165) is 0 Å². The lowest BCUT2D eigenvalue weighted by Crippen LogP contribution is -2.25. The number of anilines is 1. The third-order valence-corrected chi connectivity index (χ3v) is 4.27. The fraction of sp³-hybridized carbons (Fsp3) is 0.467. The number of ether oxygens (including phenoxy) is 1. The van der Waals surface area contributed by atoms with Gasteiger partial charge in [0.05, 0.1) is 48.0 Å². The van der Waals surface area contributed by atoms with E-state index in [1.54, 1.807) is 26.2 Å². The Labute approximate surface area is 153 Å². The zero-order valence-corrected chi connectivity index (χ0v) is 15.4. The molecule has 1 atom stereocenters. The van der Waals surface area contributed by atoms with E-state index in [1.807, 2.05) is 0 Å². The number of hydrogen-bond acceptors (Lipinski definition) is 8. The fourth-order valence-corrected chi connectivity index (χ4v) is 2.86. The summed E-state index contributed by atoms with van der Waals surface area (Å²) in [4.78, 5) is 38.1.